The van der Waals surface area contributed by atoms with Gasteiger partial charge in [0.15, 0.2) is 0 Å². The van der Waals surface area contributed by atoms with Crippen molar-refractivity contribution in [1.82, 2.24) is 5.01 Å². The van der Waals surface area contributed by atoms with Gasteiger partial charge in [-0.1, -0.05) is 29.8 Å². The van der Waals surface area contributed by atoms with Gasteiger partial charge in [-0.3, -0.25) is 10.0 Å². The molecule has 19 heavy (non-hydrogen) atoms. The smallest absolute Gasteiger partial charge is 0.147 e. The molecule has 3 rings (SSSR count). The summed E-state index contributed by atoms with van der Waals surface area (Å²) < 4.78 is 5.36. The molecular formula is C14H14ClN3O. The lowest BCUT2D eigenvalue weighted by atomic mass is 10.2. The van der Waals surface area contributed by atoms with Crippen LogP contribution in [-0.4, -0.2) is 18.7 Å². The Hall–Kier alpha value is -2.07. The van der Waals surface area contributed by atoms with Gasteiger partial charge in [0.05, 0.1) is 36.3 Å². The van der Waals surface area contributed by atoms with E-state index in [0.29, 0.717) is 18.0 Å². The van der Waals surface area contributed by atoms with Crippen LogP contribution in [0.4, 0.5) is 5.69 Å². The Bertz CT molecular complexity index is 592. The van der Waals surface area contributed by atoms with Gasteiger partial charge in [0.2, 0.25) is 0 Å². The molecule has 1 aromatic carbocycles. The third-order valence-corrected chi connectivity index (χ3v) is 3.41. The molecule has 0 spiro atoms. The second-order valence-electron chi connectivity index (χ2n) is 4.33. The first-order valence-corrected chi connectivity index (χ1v) is 6.32. The highest BCUT2D eigenvalue weighted by Crippen LogP contribution is 2.37. The molecular weight excluding hydrogens is 262 g/mol. The second kappa shape index (κ2) is 4.55. The number of halogens is 1. The monoisotopic (exact) mass is 275 g/mol. The van der Waals surface area contributed by atoms with Crippen LogP contribution in [0.25, 0.3) is 0 Å². The molecule has 0 fully saturated rings. The maximum atomic E-state index is 6.36. The summed E-state index contributed by atoms with van der Waals surface area (Å²) >= 11 is 6.36. The molecule has 5 heteroatoms. The van der Waals surface area contributed by atoms with E-state index in [1.807, 2.05) is 41.5 Å². The van der Waals surface area contributed by atoms with Gasteiger partial charge in [-0.25, -0.2) is 0 Å². The van der Waals surface area contributed by atoms with Crippen molar-refractivity contribution >= 4 is 17.3 Å². The van der Waals surface area contributed by atoms with Crippen molar-refractivity contribution in [3.05, 3.63) is 64.8 Å². The molecule has 0 saturated carbocycles. The first-order valence-electron chi connectivity index (χ1n) is 5.94. The topological polar surface area (TPSA) is 41.7 Å². The van der Waals surface area contributed by atoms with E-state index in [0.717, 1.165) is 16.4 Å². The van der Waals surface area contributed by atoms with Crippen molar-refractivity contribution in [2.24, 2.45) is 5.73 Å². The Labute approximate surface area is 117 Å². The van der Waals surface area contributed by atoms with Crippen LogP contribution in [0.5, 0.6) is 0 Å². The molecule has 0 bridgehead atoms. The van der Waals surface area contributed by atoms with Gasteiger partial charge >= 0.3 is 0 Å². The lowest BCUT2D eigenvalue weighted by Crippen LogP contribution is -2.36. The van der Waals surface area contributed by atoms with Gasteiger partial charge in [0, 0.05) is 6.08 Å². The number of anilines is 1. The Morgan fingerprint density at radius 2 is 2.00 bits per heavy atom. The van der Waals surface area contributed by atoms with Crippen molar-refractivity contribution in [3.8, 4) is 0 Å². The Morgan fingerprint density at radius 1 is 1.26 bits per heavy atom. The lowest BCUT2D eigenvalue weighted by molar-refractivity contribution is 0.274. The zero-order chi connectivity index (χ0) is 13.4. The summed E-state index contributed by atoms with van der Waals surface area (Å²) in [5, 5.41) is 4.73. The highest BCUT2D eigenvalue weighted by atomic mass is 35.5. The van der Waals surface area contributed by atoms with Crippen LogP contribution in [0.1, 0.15) is 0 Å². The van der Waals surface area contributed by atoms with E-state index < -0.39 is 0 Å². The summed E-state index contributed by atoms with van der Waals surface area (Å²) in [6.45, 7) is 0.603. The summed E-state index contributed by atoms with van der Waals surface area (Å²) in [5.41, 5.74) is 8.45. The number of allylic oxidation sites excluding steroid dienone is 1. The molecule has 0 unspecified atom stereocenters. The summed E-state index contributed by atoms with van der Waals surface area (Å²) in [6.07, 6.45) is 3.63. The number of ether oxygens (including phenoxy) is 1. The van der Waals surface area contributed by atoms with Crippen molar-refractivity contribution in [2.75, 3.05) is 18.7 Å². The van der Waals surface area contributed by atoms with Gasteiger partial charge in [-0.05, 0) is 12.1 Å². The van der Waals surface area contributed by atoms with Crippen molar-refractivity contribution < 1.29 is 4.74 Å². The molecule has 0 radical (unpaired) electrons. The number of fused-ring (bicyclic) bond motifs is 1. The molecule has 1 aromatic rings. The molecule has 2 aliphatic rings. The zero-order valence-corrected chi connectivity index (χ0v) is 11.3. The number of hydrogen-bond acceptors (Lipinski definition) is 4. The molecule has 2 aliphatic heterocycles. The SMILES string of the molecule is COC1=CC(N)=CN2C1=C(Cl)CN2c1ccccc1. The van der Waals surface area contributed by atoms with E-state index in [2.05, 4.69) is 5.01 Å². The maximum absolute atomic E-state index is 6.36. The Kier molecular flexibility index (Phi) is 2.87. The average molecular weight is 276 g/mol. The lowest BCUT2D eigenvalue weighted by Gasteiger charge is -2.33. The van der Waals surface area contributed by atoms with Crippen LogP contribution in [0.3, 0.4) is 0 Å². The minimum Gasteiger partial charge on any atom is -0.494 e. The van der Waals surface area contributed by atoms with Crippen LogP contribution in [-0.2, 0) is 4.74 Å². The third kappa shape index (κ3) is 1.94. The number of nitrogens with zero attached hydrogens (tertiary/aromatic N) is 2. The van der Waals surface area contributed by atoms with Crippen LogP contribution in [0.15, 0.2) is 64.8 Å². The van der Waals surface area contributed by atoms with E-state index in [4.69, 9.17) is 22.1 Å². The van der Waals surface area contributed by atoms with Gasteiger partial charge < -0.3 is 10.5 Å². The Balaban J connectivity index is 2.02. The quantitative estimate of drug-likeness (QED) is 0.901. The normalized spacial score (nSPS) is 18.2. The molecule has 0 amide bonds. The number of benzene rings is 1. The third-order valence-electron chi connectivity index (χ3n) is 3.11. The second-order valence-corrected chi connectivity index (χ2v) is 4.79. The summed E-state index contributed by atoms with van der Waals surface area (Å²) in [7, 11) is 1.62. The van der Waals surface area contributed by atoms with Crippen molar-refractivity contribution in [2.45, 2.75) is 0 Å². The number of para-hydroxylation sites is 1. The van der Waals surface area contributed by atoms with E-state index in [9.17, 15) is 0 Å². The summed E-state index contributed by atoms with van der Waals surface area (Å²) in [4.78, 5) is 0. The Morgan fingerprint density at radius 3 is 2.68 bits per heavy atom. The summed E-state index contributed by atoms with van der Waals surface area (Å²) in [6, 6.07) is 10.0. The molecule has 2 heterocycles. The van der Waals surface area contributed by atoms with Gasteiger partial charge in [-0.2, -0.15) is 0 Å². The summed E-state index contributed by atoms with van der Waals surface area (Å²) in [5.74, 6) is 0.684. The minimum atomic E-state index is 0.603. The molecule has 2 N–H and O–H groups in total. The first kappa shape index (κ1) is 12.0. The van der Waals surface area contributed by atoms with Crippen LogP contribution >= 0.6 is 11.6 Å². The molecule has 0 aliphatic carbocycles. The highest BCUT2D eigenvalue weighted by Gasteiger charge is 2.33. The minimum absolute atomic E-state index is 0.603. The number of hydrogen-bond donors (Lipinski definition) is 1. The van der Waals surface area contributed by atoms with E-state index in [1.54, 1.807) is 13.2 Å². The van der Waals surface area contributed by atoms with E-state index in [-0.39, 0.29) is 0 Å². The van der Waals surface area contributed by atoms with Gasteiger partial charge in [0.25, 0.3) is 0 Å². The molecule has 0 saturated heterocycles. The number of methoxy groups -OCH3 is 1. The maximum Gasteiger partial charge on any atom is 0.147 e. The molecule has 98 valence electrons. The number of hydrazine groups is 1. The van der Waals surface area contributed by atoms with Crippen LogP contribution < -0.4 is 10.7 Å². The molecule has 0 atom stereocenters. The van der Waals surface area contributed by atoms with Gasteiger partial charge in [-0.15, -0.1) is 0 Å². The average Bonchev–Trinajstić information content (AvgIpc) is 2.76. The molecule has 4 nitrogen and oxygen atoms in total. The van der Waals surface area contributed by atoms with E-state index in [1.165, 1.54) is 0 Å². The number of rotatable bonds is 2. The van der Waals surface area contributed by atoms with E-state index >= 15 is 0 Å². The van der Waals surface area contributed by atoms with Crippen LogP contribution in [0, 0.1) is 0 Å². The molecule has 0 aromatic heterocycles. The van der Waals surface area contributed by atoms with Crippen molar-refractivity contribution in [3.63, 3.8) is 0 Å². The number of nitrogens with two attached hydrogens (primary N) is 1. The zero-order valence-electron chi connectivity index (χ0n) is 10.5. The standard InChI is InChI=1S/C14H14ClN3O/c1-19-13-7-10(16)8-18-14(13)12(15)9-17(18)11-5-3-2-4-6-11/h2-8H,9,16H2,1H3. The predicted molar refractivity (Wildman–Crippen MR) is 75.9 cm³/mol. The fourth-order valence-electron chi connectivity index (χ4n) is 2.28. The first-order chi connectivity index (χ1) is 9.20. The fraction of sp³-hybridized carbons (Fsp3) is 0.143. The van der Waals surface area contributed by atoms with Crippen LogP contribution in [0.2, 0.25) is 0 Å². The fourth-order valence-corrected chi connectivity index (χ4v) is 2.57. The highest BCUT2D eigenvalue weighted by molar-refractivity contribution is 6.31. The van der Waals surface area contributed by atoms with Crippen molar-refractivity contribution in [1.29, 1.82) is 0 Å². The van der Waals surface area contributed by atoms with Gasteiger partial charge in [0.1, 0.15) is 11.5 Å². The predicted octanol–water partition coefficient (Wildman–Crippen LogP) is 2.52. The largest absolute Gasteiger partial charge is 0.494 e.